The normalized spacial score (nSPS) is 13.3. The molecule has 0 spiro atoms. The van der Waals surface area contributed by atoms with Gasteiger partial charge in [-0.05, 0) is 17.7 Å². The van der Waals surface area contributed by atoms with Gasteiger partial charge in [-0.3, -0.25) is 4.79 Å². The number of carboxylic acids is 1. The van der Waals surface area contributed by atoms with Crippen molar-refractivity contribution in [1.29, 1.82) is 0 Å². The van der Waals surface area contributed by atoms with Gasteiger partial charge in [-0.2, -0.15) is 0 Å². The molecule has 0 saturated heterocycles. The van der Waals surface area contributed by atoms with E-state index in [0.29, 0.717) is 16.9 Å². The lowest BCUT2D eigenvalue weighted by Gasteiger charge is -2.17. The number of hydrogen-bond donors (Lipinski definition) is 3. The minimum atomic E-state index is -1.28. The Balaban J connectivity index is 2.11. The molecule has 7 nitrogen and oxygen atoms in total. The second-order valence-corrected chi connectivity index (χ2v) is 4.88. The van der Waals surface area contributed by atoms with Gasteiger partial charge in [0, 0.05) is 5.56 Å². The predicted octanol–water partition coefficient (Wildman–Crippen LogP) is 1.60. The maximum Gasteiger partial charge on any atom is 0.371 e. The number of benzene rings is 1. The Hall–Kier alpha value is -2.64. The van der Waals surface area contributed by atoms with Crippen molar-refractivity contribution in [1.82, 2.24) is 0 Å². The number of esters is 1. The average molecular weight is 320 g/mol. The fourth-order valence-electron chi connectivity index (χ4n) is 2.04. The second-order valence-electron chi connectivity index (χ2n) is 4.88. The molecule has 0 aliphatic heterocycles. The molecular formula is C16H16O7. The van der Waals surface area contributed by atoms with Gasteiger partial charge >= 0.3 is 11.9 Å². The van der Waals surface area contributed by atoms with Crippen molar-refractivity contribution >= 4 is 11.9 Å². The van der Waals surface area contributed by atoms with Crippen LogP contribution in [0.3, 0.4) is 0 Å². The predicted molar refractivity (Wildman–Crippen MR) is 78.7 cm³/mol. The van der Waals surface area contributed by atoms with Crippen LogP contribution < -0.4 is 0 Å². The van der Waals surface area contributed by atoms with E-state index < -0.39 is 24.1 Å². The van der Waals surface area contributed by atoms with E-state index in [4.69, 9.17) is 9.52 Å². The molecule has 0 bridgehead atoms. The minimum absolute atomic E-state index is 0.169. The van der Waals surface area contributed by atoms with Crippen LogP contribution in [-0.2, 0) is 9.53 Å². The van der Waals surface area contributed by atoms with Crippen LogP contribution in [0.5, 0.6) is 0 Å². The molecule has 0 radical (unpaired) electrons. The Morgan fingerprint density at radius 3 is 2.30 bits per heavy atom. The van der Waals surface area contributed by atoms with E-state index in [9.17, 15) is 19.8 Å². The molecule has 0 fully saturated rings. The third-order valence-corrected chi connectivity index (χ3v) is 3.32. The Kier molecular flexibility index (Phi) is 5.15. The van der Waals surface area contributed by atoms with Crippen LogP contribution in [-0.4, -0.2) is 40.5 Å². The van der Waals surface area contributed by atoms with Gasteiger partial charge in [-0.1, -0.05) is 24.3 Å². The fourth-order valence-corrected chi connectivity index (χ4v) is 2.04. The molecule has 23 heavy (non-hydrogen) atoms. The summed E-state index contributed by atoms with van der Waals surface area (Å²) in [6, 6.07) is 9.23. The molecule has 3 N–H and O–H groups in total. The Morgan fingerprint density at radius 1 is 1.13 bits per heavy atom. The Morgan fingerprint density at radius 2 is 1.78 bits per heavy atom. The highest BCUT2D eigenvalue weighted by Crippen LogP contribution is 2.26. The third-order valence-electron chi connectivity index (χ3n) is 3.32. The van der Waals surface area contributed by atoms with E-state index in [-0.39, 0.29) is 12.2 Å². The van der Waals surface area contributed by atoms with Crippen molar-refractivity contribution in [3.8, 4) is 11.3 Å². The molecule has 1 aromatic carbocycles. The second kappa shape index (κ2) is 7.08. The Bertz CT molecular complexity index is 687. The lowest BCUT2D eigenvalue weighted by molar-refractivity contribution is -0.144. The van der Waals surface area contributed by atoms with Crippen LogP contribution >= 0.6 is 0 Å². The van der Waals surface area contributed by atoms with Gasteiger partial charge in [-0.25, -0.2) is 4.79 Å². The fraction of sp³-hybridized carbons (Fsp3) is 0.250. The lowest BCUT2D eigenvalue weighted by atomic mass is 10.0. The van der Waals surface area contributed by atoms with Gasteiger partial charge in [0.2, 0.25) is 5.76 Å². The zero-order chi connectivity index (χ0) is 17.0. The van der Waals surface area contributed by atoms with Gasteiger partial charge in [0.25, 0.3) is 0 Å². The molecule has 2 aromatic rings. The first-order valence-corrected chi connectivity index (χ1v) is 6.78. The number of carboxylic acid groups (broad SMARTS) is 1. The summed E-state index contributed by atoms with van der Waals surface area (Å²) in [5.41, 5.74) is 1.03. The maximum atomic E-state index is 11.1. The number of carbonyl (C=O) groups is 2. The summed E-state index contributed by atoms with van der Waals surface area (Å²) in [6.07, 6.45) is -2.84. The van der Waals surface area contributed by atoms with Gasteiger partial charge in [0.1, 0.15) is 11.9 Å². The van der Waals surface area contributed by atoms with E-state index in [1.165, 1.54) is 19.2 Å². The molecule has 0 aliphatic carbocycles. The number of ether oxygens (including phenoxy) is 1. The Labute approximate surface area is 131 Å². The van der Waals surface area contributed by atoms with Gasteiger partial charge in [0.15, 0.2) is 0 Å². The monoisotopic (exact) mass is 320 g/mol. The summed E-state index contributed by atoms with van der Waals surface area (Å²) in [4.78, 5) is 21.9. The average Bonchev–Trinajstić information content (AvgIpc) is 3.04. The highest BCUT2D eigenvalue weighted by molar-refractivity contribution is 5.85. The minimum Gasteiger partial charge on any atom is -0.475 e. The summed E-state index contributed by atoms with van der Waals surface area (Å²) >= 11 is 0. The van der Waals surface area contributed by atoms with Gasteiger partial charge in [0.05, 0.1) is 19.6 Å². The van der Waals surface area contributed by atoms with Crippen molar-refractivity contribution in [2.45, 2.75) is 18.6 Å². The number of furan rings is 1. The van der Waals surface area contributed by atoms with Crippen molar-refractivity contribution in [3.63, 3.8) is 0 Å². The van der Waals surface area contributed by atoms with E-state index >= 15 is 0 Å². The lowest BCUT2D eigenvalue weighted by Crippen LogP contribution is -2.22. The van der Waals surface area contributed by atoms with Crippen LogP contribution in [0, 0.1) is 0 Å². The molecule has 1 heterocycles. The number of aliphatic hydroxyl groups excluding tert-OH is 2. The van der Waals surface area contributed by atoms with Crippen LogP contribution in [0.4, 0.5) is 0 Å². The van der Waals surface area contributed by atoms with Gasteiger partial charge in [-0.15, -0.1) is 0 Å². The zero-order valence-corrected chi connectivity index (χ0v) is 12.3. The van der Waals surface area contributed by atoms with Crippen molar-refractivity contribution < 1.29 is 34.1 Å². The van der Waals surface area contributed by atoms with Crippen LogP contribution in [0.15, 0.2) is 40.8 Å². The number of aromatic carboxylic acids is 1. The zero-order valence-electron chi connectivity index (χ0n) is 12.3. The van der Waals surface area contributed by atoms with Crippen molar-refractivity contribution in [3.05, 3.63) is 47.7 Å². The summed E-state index contributed by atoms with van der Waals surface area (Å²) < 4.78 is 9.61. The first kappa shape index (κ1) is 16.7. The van der Waals surface area contributed by atoms with Crippen LogP contribution in [0.2, 0.25) is 0 Å². The molecule has 7 heteroatoms. The summed E-state index contributed by atoms with van der Waals surface area (Å²) in [5.74, 6) is -1.57. The molecule has 122 valence electrons. The standard InChI is InChI=1S/C16H16O7/c1-22-14(18)8-11(17)15(19)10-4-2-9(3-5-10)12-6-7-13(23-12)16(20)21/h2-7,11,15,17,19H,8H2,1H3,(H,20,21). The van der Waals surface area contributed by atoms with Crippen LogP contribution in [0.1, 0.15) is 28.6 Å². The summed E-state index contributed by atoms with van der Waals surface area (Å²) in [5, 5.41) is 28.6. The highest BCUT2D eigenvalue weighted by atomic mass is 16.5. The van der Waals surface area contributed by atoms with Gasteiger partial charge < -0.3 is 24.5 Å². The molecular weight excluding hydrogens is 304 g/mol. The summed E-state index contributed by atoms with van der Waals surface area (Å²) in [7, 11) is 1.20. The first-order valence-electron chi connectivity index (χ1n) is 6.78. The SMILES string of the molecule is COC(=O)CC(O)C(O)c1ccc(-c2ccc(C(=O)O)o2)cc1. The largest absolute Gasteiger partial charge is 0.475 e. The van der Waals surface area contributed by atoms with E-state index in [1.54, 1.807) is 24.3 Å². The van der Waals surface area contributed by atoms with E-state index in [1.807, 2.05) is 0 Å². The first-order chi connectivity index (χ1) is 10.9. The smallest absolute Gasteiger partial charge is 0.371 e. The number of aliphatic hydroxyl groups is 2. The molecule has 0 amide bonds. The molecule has 0 saturated carbocycles. The van der Waals surface area contributed by atoms with Crippen molar-refractivity contribution in [2.24, 2.45) is 0 Å². The molecule has 2 atom stereocenters. The molecule has 0 aliphatic rings. The topological polar surface area (TPSA) is 117 Å². The van der Waals surface area contributed by atoms with E-state index in [0.717, 1.165) is 0 Å². The third kappa shape index (κ3) is 3.97. The highest BCUT2D eigenvalue weighted by Gasteiger charge is 2.22. The molecule has 2 rings (SSSR count). The van der Waals surface area contributed by atoms with E-state index in [2.05, 4.69) is 4.74 Å². The molecule has 2 unspecified atom stereocenters. The molecule has 1 aromatic heterocycles. The number of methoxy groups -OCH3 is 1. The summed E-state index contributed by atoms with van der Waals surface area (Å²) in [6.45, 7) is 0. The van der Waals surface area contributed by atoms with Crippen molar-refractivity contribution in [2.75, 3.05) is 7.11 Å². The quantitative estimate of drug-likeness (QED) is 0.692. The van der Waals surface area contributed by atoms with Crippen LogP contribution in [0.25, 0.3) is 11.3 Å². The number of rotatable bonds is 6. The number of hydrogen-bond acceptors (Lipinski definition) is 6. The number of carbonyl (C=O) groups excluding carboxylic acids is 1. The maximum absolute atomic E-state index is 11.1.